The molecule has 2 N–H and O–H groups in total. The van der Waals surface area contributed by atoms with E-state index in [4.69, 9.17) is 0 Å². The summed E-state index contributed by atoms with van der Waals surface area (Å²) in [6, 6.07) is 3.61. The number of carbonyl (C=O) groups is 1. The molecular weight excluding hydrogens is 336 g/mol. The molecule has 3 nitrogen and oxygen atoms in total. The van der Waals surface area contributed by atoms with Crippen molar-refractivity contribution in [3.63, 3.8) is 0 Å². The number of allylic oxidation sites excluding steroid dienone is 3. The van der Waals surface area contributed by atoms with Gasteiger partial charge >= 0.3 is 0 Å². The predicted molar refractivity (Wildman–Crippen MR) is 111 cm³/mol. The molecule has 27 heavy (non-hydrogen) atoms. The fourth-order valence-electron chi connectivity index (χ4n) is 4.13. The summed E-state index contributed by atoms with van der Waals surface area (Å²) < 4.78 is 0. The number of ketones is 1. The minimum Gasteiger partial charge on any atom is -0.507 e. The molecule has 3 heteroatoms. The first-order valence-corrected chi connectivity index (χ1v) is 10.2. The molecule has 2 atom stereocenters. The van der Waals surface area contributed by atoms with Crippen LogP contribution in [0.1, 0.15) is 82.8 Å². The number of phenolic OH excluding ortho intramolecular Hbond substituents is 2. The SMILES string of the molecule is C=C(C)[C@@H]1CCC(C)=C[C@H]1c1c(O)cc(CCCCCCC(C)=O)cc1O. The van der Waals surface area contributed by atoms with Gasteiger partial charge in [-0.2, -0.15) is 0 Å². The van der Waals surface area contributed by atoms with Crippen molar-refractivity contribution in [3.05, 3.63) is 47.1 Å². The Bertz CT molecular complexity index is 691. The van der Waals surface area contributed by atoms with Gasteiger partial charge in [0.25, 0.3) is 0 Å². The molecular formula is C24H34O3. The molecule has 148 valence electrons. The molecule has 0 aromatic heterocycles. The zero-order valence-corrected chi connectivity index (χ0v) is 17.1. The van der Waals surface area contributed by atoms with Crippen molar-refractivity contribution in [2.24, 2.45) is 5.92 Å². The number of hydrogen-bond acceptors (Lipinski definition) is 3. The van der Waals surface area contributed by atoms with Crippen LogP contribution in [0.2, 0.25) is 0 Å². The lowest BCUT2D eigenvalue weighted by molar-refractivity contribution is -0.117. The van der Waals surface area contributed by atoms with Gasteiger partial charge in [-0.05, 0) is 76.5 Å². The van der Waals surface area contributed by atoms with Gasteiger partial charge in [0.1, 0.15) is 17.3 Å². The van der Waals surface area contributed by atoms with Crippen molar-refractivity contribution in [2.45, 2.75) is 78.1 Å². The van der Waals surface area contributed by atoms with Crippen LogP contribution in [0.3, 0.4) is 0 Å². The second kappa shape index (κ2) is 9.77. The van der Waals surface area contributed by atoms with E-state index in [1.165, 1.54) is 5.57 Å². The highest BCUT2D eigenvalue weighted by atomic mass is 16.3. The number of hydrogen-bond donors (Lipinski definition) is 2. The Hall–Kier alpha value is -2.03. The van der Waals surface area contributed by atoms with Crippen LogP contribution in [-0.4, -0.2) is 16.0 Å². The summed E-state index contributed by atoms with van der Waals surface area (Å²) in [7, 11) is 0. The van der Waals surface area contributed by atoms with Gasteiger partial charge in [0.15, 0.2) is 0 Å². The minimum atomic E-state index is -0.0168. The first kappa shape index (κ1) is 21.3. The number of carbonyl (C=O) groups excluding carboxylic acids is 1. The van der Waals surface area contributed by atoms with E-state index in [1.54, 1.807) is 19.1 Å². The molecule has 1 aromatic carbocycles. The topological polar surface area (TPSA) is 57.5 Å². The number of Topliss-reactive ketones (excluding diaryl/α,β-unsaturated/α-hetero) is 1. The smallest absolute Gasteiger partial charge is 0.129 e. The van der Waals surface area contributed by atoms with E-state index >= 15 is 0 Å². The number of aryl methyl sites for hydroxylation is 1. The molecule has 0 bridgehead atoms. The van der Waals surface area contributed by atoms with Crippen molar-refractivity contribution in [3.8, 4) is 11.5 Å². The van der Waals surface area contributed by atoms with Crippen LogP contribution in [0.4, 0.5) is 0 Å². The summed E-state index contributed by atoms with van der Waals surface area (Å²) in [5.41, 5.74) is 3.99. The molecule has 1 aromatic rings. The summed E-state index contributed by atoms with van der Waals surface area (Å²) in [5.74, 6) is 0.850. The molecule has 0 saturated heterocycles. The van der Waals surface area contributed by atoms with Crippen LogP contribution in [0, 0.1) is 5.92 Å². The summed E-state index contributed by atoms with van der Waals surface area (Å²) in [6.45, 7) is 9.89. The molecule has 0 spiro atoms. The first-order valence-electron chi connectivity index (χ1n) is 10.2. The maximum atomic E-state index is 11.0. The average molecular weight is 371 g/mol. The summed E-state index contributed by atoms with van der Waals surface area (Å²) in [5, 5.41) is 21.3. The summed E-state index contributed by atoms with van der Waals surface area (Å²) >= 11 is 0. The monoisotopic (exact) mass is 370 g/mol. The van der Waals surface area contributed by atoms with Crippen LogP contribution in [0.25, 0.3) is 0 Å². The van der Waals surface area contributed by atoms with Crippen molar-refractivity contribution in [1.29, 1.82) is 0 Å². The second-order valence-electron chi connectivity index (χ2n) is 8.19. The Morgan fingerprint density at radius 2 is 1.74 bits per heavy atom. The molecule has 2 rings (SSSR count). The van der Waals surface area contributed by atoms with Crippen molar-refractivity contribution < 1.29 is 15.0 Å². The molecule has 1 aliphatic rings. The van der Waals surface area contributed by atoms with E-state index in [1.807, 2.05) is 6.92 Å². The van der Waals surface area contributed by atoms with Crippen molar-refractivity contribution in [1.82, 2.24) is 0 Å². The molecule has 0 radical (unpaired) electrons. The highest BCUT2D eigenvalue weighted by Gasteiger charge is 2.30. The summed E-state index contributed by atoms with van der Waals surface area (Å²) in [4.78, 5) is 11.0. The molecule has 0 amide bonds. The van der Waals surface area contributed by atoms with Gasteiger partial charge in [-0.15, -0.1) is 0 Å². The lowest BCUT2D eigenvalue weighted by Crippen LogP contribution is -2.17. The summed E-state index contributed by atoms with van der Waals surface area (Å²) in [6.07, 6.45) is 9.74. The molecule has 0 saturated carbocycles. The van der Waals surface area contributed by atoms with Crippen LogP contribution in [0.5, 0.6) is 11.5 Å². The molecule has 0 heterocycles. The van der Waals surface area contributed by atoms with Gasteiger partial charge in [-0.25, -0.2) is 0 Å². The maximum Gasteiger partial charge on any atom is 0.129 e. The van der Waals surface area contributed by atoms with Gasteiger partial charge in [0.2, 0.25) is 0 Å². The Labute approximate surface area is 163 Å². The zero-order valence-electron chi connectivity index (χ0n) is 17.1. The number of rotatable bonds is 9. The van der Waals surface area contributed by atoms with E-state index in [9.17, 15) is 15.0 Å². The van der Waals surface area contributed by atoms with E-state index < -0.39 is 0 Å². The fraction of sp³-hybridized carbons (Fsp3) is 0.542. The Morgan fingerprint density at radius 3 is 2.33 bits per heavy atom. The Balaban J connectivity index is 2.06. The van der Waals surface area contributed by atoms with Gasteiger partial charge in [-0.1, -0.05) is 36.6 Å². The third-order valence-electron chi connectivity index (χ3n) is 5.65. The highest BCUT2D eigenvalue weighted by Crippen LogP contribution is 2.46. The number of phenols is 2. The lowest BCUT2D eigenvalue weighted by atomic mass is 9.73. The van der Waals surface area contributed by atoms with Crippen molar-refractivity contribution in [2.75, 3.05) is 0 Å². The van der Waals surface area contributed by atoms with Gasteiger partial charge in [0.05, 0.1) is 0 Å². The maximum absolute atomic E-state index is 11.0. The van der Waals surface area contributed by atoms with Crippen molar-refractivity contribution >= 4 is 5.78 Å². The third-order valence-corrected chi connectivity index (χ3v) is 5.65. The quantitative estimate of drug-likeness (QED) is 0.402. The van der Waals surface area contributed by atoms with Crippen LogP contribution >= 0.6 is 0 Å². The lowest BCUT2D eigenvalue weighted by Gasteiger charge is -2.31. The van der Waals surface area contributed by atoms with E-state index in [0.29, 0.717) is 12.0 Å². The number of benzene rings is 1. The van der Waals surface area contributed by atoms with Crippen LogP contribution in [0.15, 0.2) is 35.9 Å². The standard InChI is InChI=1S/C24H34O3/c1-16(2)20-12-11-17(3)13-21(20)24-22(26)14-19(15-23(24)27)10-8-6-5-7-9-18(4)25/h13-15,20-21,26-27H,1,5-12H2,2-4H3/t20-,21+/m0/s1. The van der Waals surface area contributed by atoms with E-state index in [-0.39, 0.29) is 29.1 Å². The minimum absolute atomic E-state index is 0.0168. The average Bonchev–Trinajstić information content (AvgIpc) is 2.57. The van der Waals surface area contributed by atoms with E-state index in [2.05, 4.69) is 19.6 Å². The molecule has 1 aliphatic carbocycles. The normalized spacial score (nSPS) is 19.6. The van der Waals surface area contributed by atoms with Gasteiger partial charge < -0.3 is 15.0 Å². The number of unbranched alkanes of at least 4 members (excludes halogenated alkanes) is 3. The number of aromatic hydroxyl groups is 2. The Kier molecular flexibility index (Phi) is 7.70. The molecule has 0 aliphatic heterocycles. The fourth-order valence-corrected chi connectivity index (χ4v) is 4.13. The highest BCUT2D eigenvalue weighted by molar-refractivity contribution is 5.75. The predicted octanol–water partition coefficient (Wildman–Crippen LogP) is 6.20. The largest absolute Gasteiger partial charge is 0.507 e. The van der Waals surface area contributed by atoms with Crippen LogP contribution < -0.4 is 0 Å². The molecule has 0 fully saturated rings. The third kappa shape index (κ3) is 5.98. The van der Waals surface area contributed by atoms with Crippen LogP contribution in [-0.2, 0) is 11.2 Å². The first-order chi connectivity index (χ1) is 12.8. The van der Waals surface area contributed by atoms with E-state index in [0.717, 1.165) is 56.1 Å². The second-order valence-corrected chi connectivity index (χ2v) is 8.19. The van der Waals surface area contributed by atoms with Gasteiger partial charge in [-0.3, -0.25) is 0 Å². The molecule has 0 unspecified atom stereocenters. The Morgan fingerprint density at radius 1 is 1.11 bits per heavy atom. The zero-order chi connectivity index (χ0) is 20.0. The van der Waals surface area contributed by atoms with Gasteiger partial charge in [0, 0.05) is 17.9 Å².